The number of nitro benzene ring substituents is 1. The normalized spacial score (nSPS) is 10.4. The second-order valence-corrected chi connectivity index (χ2v) is 4.42. The lowest BCUT2D eigenvalue weighted by atomic mass is 10.2. The smallest absolute Gasteiger partial charge is 0.269 e. The van der Waals surface area contributed by atoms with E-state index in [1.54, 1.807) is 12.1 Å². The number of non-ortho nitro benzene ring substituents is 1. The molecule has 3 aromatic rings. The van der Waals surface area contributed by atoms with Gasteiger partial charge in [-0.3, -0.25) is 10.1 Å². The molecule has 0 aliphatic rings. The predicted molar refractivity (Wildman–Crippen MR) is 77.2 cm³/mol. The van der Waals surface area contributed by atoms with Crippen molar-refractivity contribution in [2.75, 3.05) is 0 Å². The van der Waals surface area contributed by atoms with E-state index in [0.29, 0.717) is 23.0 Å². The molecule has 7 nitrogen and oxygen atoms in total. The molecule has 0 unspecified atom stereocenters. The van der Waals surface area contributed by atoms with Crippen molar-refractivity contribution < 1.29 is 14.2 Å². The highest BCUT2D eigenvalue weighted by atomic mass is 16.6. The third-order valence-corrected chi connectivity index (χ3v) is 2.91. The standard InChI is InChI=1S/C15H11N3O4/c19-18(20)12-8-6-11(7-9-12)15-16-14(22-17-15)10-21-13-4-2-1-3-5-13/h1-9H,10H2. The predicted octanol–water partition coefficient (Wildman–Crippen LogP) is 3.22. The van der Waals surface area contributed by atoms with Crippen LogP contribution in [-0.4, -0.2) is 15.1 Å². The Bertz CT molecular complexity index is 769. The number of benzene rings is 2. The number of rotatable bonds is 5. The van der Waals surface area contributed by atoms with Gasteiger partial charge in [-0.15, -0.1) is 0 Å². The van der Waals surface area contributed by atoms with E-state index in [1.165, 1.54) is 12.1 Å². The van der Waals surface area contributed by atoms with Crippen LogP contribution in [0, 0.1) is 10.1 Å². The first-order valence-corrected chi connectivity index (χ1v) is 6.47. The molecule has 2 aromatic carbocycles. The largest absolute Gasteiger partial charge is 0.484 e. The Labute approximate surface area is 125 Å². The Hall–Kier alpha value is -3.22. The maximum absolute atomic E-state index is 10.6. The van der Waals surface area contributed by atoms with Crippen molar-refractivity contribution in [3.63, 3.8) is 0 Å². The molecule has 0 aliphatic heterocycles. The first-order valence-electron chi connectivity index (χ1n) is 6.47. The SMILES string of the molecule is O=[N+]([O-])c1ccc(-c2noc(COc3ccccc3)n2)cc1. The Morgan fingerprint density at radius 3 is 2.50 bits per heavy atom. The molecule has 22 heavy (non-hydrogen) atoms. The van der Waals surface area contributed by atoms with Crippen molar-refractivity contribution in [2.24, 2.45) is 0 Å². The lowest BCUT2D eigenvalue weighted by Crippen LogP contribution is -1.95. The van der Waals surface area contributed by atoms with Gasteiger partial charge in [-0.25, -0.2) is 0 Å². The first-order chi connectivity index (χ1) is 10.7. The van der Waals surface area contributed by atoms with Crippen molar-refractivity contribution in [3.05, 3.63) is 70.6 Å². The summed E-state index contributed by atoms with van der Waals surface area (Å²) in [6, 6.07) is 15.2. The van der Waals surface area contributed by atoms with Gasteiger partial charge in [0.25, 0.3) is 11.6 Å². The van der Waals surface area contributed by atoms with Gasteiger partial charge in [0, 0.05) is 17.7 Å². The van der Waals surface area contributed by atoms with Gasteiger partial charge < -0.3 is 9.26 Å². The third-order valence-electron chi connectivity index (χ3n) is 2.91. The van der Waals surface area contributed by atoms with Crippen molar-refractivity contribution in [2.45, 2.75) is 6.61 Å². The average Bonchev–Trinajstić information content (AvgIpc) is 3.03. The second kappa shape index (κ2) is 6.04. The zero-order valence-corrected chi connectivity index (χ0v) is 11.4. The molecule has 0 radical (unpaired) electrons. The average molecular weight is 297 g/mol. The Balaban J connectivity index is 1.69. The van der Waals surface area contributed by atoms with Crippen LogP contribution < -0.4 is 4.74 Å². The maximum atomic E-state index is 10.6. The van der Waals surface area contributed by atoms with Gasteiger partial charge in [0.15, 0.2) is 6.61 Å². The molecule has 0 spiro atoms. The summed E-state index contributed by atoms with van der Waals surface area (Å²) in [7, 11) is 0. The molecule has 0 saturated heterocycles. The van der Waals surface area contributed by atoms with Crippen LogP contribution in [0.15, 0.2) is 59.1 Å². The van der Waals surface area contributed by atoms with Gasteiger partial charge in [-0.2, -0.15) is 4.98 Å². The number of hydrogen-bond acceptors (Lipinski definition) is 6. The van der Waals surface area contributed by atoms with Crippen LogP contribution in [0.4, 0.5) is 5.69 Å². The molecule has 110 valence electrons. The van der Waals surface area contributed by atoms with Crippen molar-refractivity contribution in [1.82, 2.24) is 10.1 Å². The number of para-hydroxylation sites is 1. The van der Waals surface area contributed by atoms with Crippen LogP contribution in [0.2, 0.25) is 0 Å². The molecule has 0 amide bonds. The summed E-state index contributed by atoms with van der Waals surface area (Å²) >= 11 is 0. The molecular weight excluding hydrogens is 286 g/mol. The van der Waals surface area contributed by atoms with Gasteiger partial charge in [-0.05, 0) is 24.3 Å². The first kappa shape index (κ1) is 13.7. The highest BCUT2D eigenvalue weighted by Crippen LogP contribution is 2.20. The van der Waals surface area contributed by atoms with Gasteiger partial charge >= 0.3 is 0 Å². The molecule has 0 fully saturated rings. The quantitative estimate of drug-likeness (QED) is 0.530. The van der Waals surface area contributed by atoms with E-state index < -0.39 is 4.92 Å². The summed E-state index contributed by atoms with van der Waals surface area (Å²) in [5.41, 5.74) is 0.653. The fourth-order valence-corrected chi connectivity index (χ4v) is 1.82. The van der Waals surface area contributed by atoms with Gasteiger partial charge in [-0.1, -0.05) is 23.4 Å². The molecule has 0 N–H and O–H groups in total. The minimum Gasteiger partial charge on any atom is -0.484 e. The topological polar surface area (TPSA) is 91.3 Å². The zero-order chi connectivity index (χ0) is 15.4. The number of nitrogens with zero attached hydrogens (tertiary/aromatic N) is 3. The molecule has 1 heterocycles. The Morgan fingerprint density at radius 2 is 1.82 bits per heavy atom. The van der Waals surface area contributed by atoms with Crippen LogP contribution in [0.3, 0.4) is 0 Å². The summed E-state index contributed by atoms with van der Waals surface area (Å²) in [6.45, 7) is 0.157. The molecule has 0 saturated carbocycles. The van der Waals surface area contributed by atoms with Crippen LogP contribution in [0.1, 0.15) is 5.89 Å². The van der Waals surface area contributed by atoms with Crippen LogP contribution >= 0.6 is 0 Å². The fourth-order valence-electron chi connectivity index (χ4n) is 1.82. The van der Waals surface area contributed by atoms with Crippen LogP contribution in [0.5, 0.6) is 5.75 Å². The van der Waals surface area contributed by atoms with Gasteiger partial charge in [0.2, 0.25) is 5.82 Å². The van der Waals surface area contributed by atoms with Crippen LogP contribution in [0.25, 0.3) is 11.4 Å². The van der Waals surface area contributed by atoms with Gasteiger partial charge in [0.1, 0.15) is 5.75 Å². The van der Waals surface area contributed by atoms with E-state index in [4.69, 9.17) is 9.26 Å². The summed E-state index contributed by atoms with van der Waals surface area (Å²) in [6.07, 6.45) is 0. The molecular formula is C15H11N3O4. The molecule has 1 aromatic heterocycles. The summed E-state index contributed by atoms with van der Waals surface area (Å²) in [5.74, 6) is 1.40. The van der Waals surface area contributed by atoms with Crippen molar-refractivity contribution >= 4 is 5.69 Å². The molecule has 0 atom stereocenters. The minimum atomic E-state index is -0.459. The van der Waals surface area contributed by atoms with Gasteiger partial charge in [0.05, 0.1) is 4.92 Å². The van der Waals surface area contributed by atoms with Crippen molar-refractivity contribution in [3.8, 4) is 17.1 Å². The number of hydrogen-bond donors (Lipinski definition) is 0. The van der Waals surface area contributed by atoms with E-state index in [-0.39, 0.29) is 12.3 Å². The summed E-state index contributed by atoms with van der Waals surface area (Å²) in [5, 5.41) is 14.4. The monoisotopic (exact) mass is 297 g/mol. The lowest BCUT2D eigenvalue weighted by Gasteiger charge is -2.01. The zero-order valence-electron chi connectivity index (χ0n) is 11.4. The summed E-state index contributed by atoms with van der Waals surface area (Å²) < 4.78 is 10.6. The molecule has 0 aliphatic carbocycles. The molecule has 0 bridgehead atoms. The number of ether oxygens (including phenoxy) is 1. The molecule has 7 heteroatoms. The second-order valence-electron chi connectivity index (χ2n) is 4.42. The Morgan fingerprint density at radius 1 is 1.09 bits per heavy atom. The third kappa shape index (κ3) is 3.09. The maximum Gasteiger partial charge on any atom is 0.269 e. The van der Waals surface area contributed by atoms with E-state index in [1.807, 2.05) is 30.3 Å². The minimum absolute atomic E-state index is 0.0138. The highest BCUT2D eigenvalue weighted by Gasteiger charge is 2.11. The van der Waals surface area contributed by atoms with Crippen LogP contribution in [-0.2, 0) is 6.61 Å². The number of aromatic nitrogens is 2. The summed E-state index contributed by atoms with van der Waals surface area (Å²) in [4.78, 5) is 14.4. The highest BCUT2D eigenvalue weighted by molar-refractivity contribution is 5.56. The Kier molecular flexibility index (Phi) is 3.78. The number of nitro groups is 1. The molecule has 3 rings (SSSR count). The van der Waals surface area contributed by atoms with E-state index in [0.717, 1.165) is 0 Å². The van der Waals surface area contributed by atoms with E-state index >= 15 is 0 Å². The lowest BCUT2D eigenvalue weighted by molar-refractivity contribution is -0.384. The van der Waals surface area contributed by atoms with Crippen molar-refractivity contribution in [1.29, 1.82) is 0 Å². The fraction of sp³-hybridized carbons (Fsp3) is 0.0667. The van der Waals surface area contributed by atoms with E-state index in [2.05, 4.69) is 10.1 Å². The van der Waals surface area contributed by atoms with E-state index in [9.17, 15) is 10.1 Å².